The highest BCUT2D eigenvalue weighted by atomic mass is 15.1. The van der Waals surface area contributed by atoms with Gasteiger partial charge in [0.1, 0.15) is 5.82 Å². The van der Waals surface area contributed by atoms with Gasteiger partial charge < -0.3 is 15.5 Å². The van der Waals surface area contributed by atoms with Crippen molar-refractivity contribution in [1.82, 2.24) is 14.4 Å². The normalized spacial score (nSPS) is 12.7. The second-order valence-corrected chi connectivity index (χ2v) is 5.07. The molecule has 5 heteroatoms. The van der Waals surface area contributed by atoms with Crippen LogP contribution in [0.4, 0.5) is 11.6 Å². The van der Waals surface area contributed by atoms with Gasteiger partial charge in [-0.05, 0) is 13.3 Å². The van der Waals surface area contributed by atoms with Crippen molar-refractivity contribution in [1.29, 1.82) is 0 Å². The first-order chi connectivity index (χ1) is 9.20. The van der Waals surface area contributed by atoms with E-state index in [1.165, 1.54) is 25.7 Å². The molecule has 0 amide bonds. The Morgan fingerprint density at radius 2 is 2.21 bits per heavy atom. The number of rotatable bonds is 7. The summed E-state index contributed by atoms with van der Waals surface area (Å²) < 4.78 is 1.90. The molecule has 104 valence electrons. The molecule has 1 atom stereocenters. The highest BCUT2D eigenvalue weighted by molar-refractivity contribution is 5.65. The van der Waals surface area contributed by atoms with Crippen LogP contribution in [0.5, 0.6) is 0 Å². The van der Waals surface area contributed by atoms with Gasteiger partial charge >= 0.3 is 0 Å². The van der Waals surface area contributed by atoms with Crippen molar-refractivity contribution in [3.63, 3.8) is 0 Å². The summed E-state index contributed by atoms with van der Waals surface area (Å²) in [4.78, 5) is 8.65. The van der Waals surface area contributed by atoms with Crippen LogP contribution in [0.15, 0.2) is 18.6 Å². The number of imidazole rings is 1. The Balaban J connectivity index is 1.98. The van der Waals surface area contributed by atoms with Crippen molar-refractivity contribution in [3.8, 4) is 0 Å². The molecule has 2 aromatic rings. The SMILES string of the molecule is CCCCCCC(C)Nc1nc(N)cn2ccnc12. The highest BCUT2D eigenvalue weighted by Crippen LogP contribution is 2.17. The van der Waals surface area contributed by atoms with E-state index in [4.69, 9.17) is 5.73 Å². The van der Waals surface area contributed by atoms with Crippen LogP contribution in [0.2, 0.25) is 0 Å². The minimum absolute atomic E-state index is 0.381. The number of hydrogen-bond acceptors (Lipinski definition) is 4. The van der Waals surface area contributed by atoms with Crippen LogP contribution in [0, 0.1) is 0 Å². The number of anilines is 2. The Bertz CT molecular complexity index is 520. The van der Waals surface area contributed by atoms with Gasteiger partial charge in [0.05, 0.1) is 6.20 Å². The summed E-state index contributed by atoms with van der Waals surface area (Å²) in [7, 11) is 0. The third-order valence-corrected chi connectivity index (χ3v) is 3.27. The van der Waals surface area contributed by atoms with E-state index in [0.29, 0.717) is 11.9 Å². The fourth-order valence-electron chi connectivity index (χ4n) is 2.23. The van der Waals surface area contributed by atoms with Gasteiger partial charge in [-0.1, -0.05) is 32.6 Å². The molecule has 0 aliphatic heterocycles. The van der Waals surface area contributed by atoms with Crippen molar-refractivity contribution in [2.45, 2.75) is 52.0 Å². The van der Waals surface area contributed by atoms with Gasteiger partial charge in [-0.15, -0.1) is 0 Å². The Kier molecular flexibility index (Phi) is 4.60. The largest absolute Gasteiger partial charge is 0.382 e. The van der Waals surface area contributed by atoms with Crippen molar-refractivity contribution < 1.29 is 0 Å². The third kappa shape index (κ3) is 3.59. The molecular formula is C14H23N5. The van der Waals surface area contributed by atoms with Crippen molar-refractivity contribution >= 4 is 17.3 Å². The lowest BCUT2D eigenvalue weighted by atomic mass is 10.1. The summed E-state index contributed by atoms with van der Waals surface area (Å²) in [5, 5.41) is 3.41. The predicted octanol–water partition coefficient (Wildman–Crippen LogP) is 3.08. The maximum Gasteiger partial charge on any atom is 0.180 e. The zero-order valence-electron chi connectivity index (χ0n) is 11.8. The minimum atomic E-state index is 0.381. The smallest absolute Gasteiger partial charge is 0.180 e. The second kappa shape index (κ2) is 6.41. The first-order valence-corrected chi connectivity index (χ1v) is 7.06. The zero-order valence-corrected chi connectivity index (χ0v) is 11.8. The van der Waals surface area contributed by atoms with Crippen LogP contribution in [0.1, 0.15) is 46.0 Å². The molecule has 2 rings (SSSR count). The standard InChI is InChI=1S/C14H23N5/c1-3-4-5-6-7-11(2)17-13-14-16-8-9-19(14)10-12(15)18-13/h8-11H,3-7,15H2,1-2H3,(H,17,18). The molecule has 2 aromatic heterocycles. The zero-order chi connectivity index (χ0) is 13.7. The van der Waals surface area contributed by atoms with Crippen LogP contribution in [0.25, 0.3) is 5.65 Å². The van der Waals surface area contributed by atoms with Crippen LogP contribution in [-0.2, 0) is 0 Å². The quantitative estimate of drug-likeness (QED) is 0.751. The van der Waals surface area contributed by atoms with E-state index < -0.39 is 0 Å². The van der Waals surface area contributed by atoms with Crippen LogP contribution in [-0.4, -0.2) is 20.4 Å². The molecule has 5 nitrogen and oxygen atoms in total. The first kappa shape index (κ1) is 13.6. The van der Waals surface area contributed by atoms with E-state index in [-0.39, 0.29) is 0 Å². The molecule has 0 fully saturated rings. The van der Waals surface area contributed by atoms with Crippen molar-refractivity contribution in [2.24, 2.45) is 0 Å². The molecule has 0 aromatic carbocycles. The van der Waals surface area contributed by atoms with Crippen molar-refractivity contribution in [2.75, 3.05) is 11.1 Å². The minimum Gasteiger partial charge on any atom is -0.382 e. The van der Waals surface area contributed by atoms with E-state index in [1.807, 2.05) is 10.6 Å². The summed E-state index contributed by atoms with van der Waals surface area (Å²) in [5.41, 5.74) is 6.63. The molecular weight excluding hydrogens is 238 g/mol. The van der Waals surface area contributed by atoms with Crippen molar-refractivity contribution in [3.05, 3.63) is 18.6 Å². The average molecular weight is 261 g/mol. The Morgan fingerprint density at radius 1 is 1.37 bits per heavy atom. The molecule has 1 unspecified atom stereocenters. The number of nitrogens with zero attached hydrogens (tertiary/aromatic N) is 3. The Hall–Kier alpha value is -1.78. The van der Waals surface area contributed by atoms with E-state index in [9.17, 15) is 0 Å². The number of unbranched alkanes of at least 4 members (excludes halogenated alkanes) is 3. The monoisotopic (exact) mass is 261 g/mol. The number of aromatic nitrogens is 3. The molecule has 0 radical (unpaired) electrons. The maximum atomic E-state index is 5.80. The summed E-state index contributed by atoms with van der Waals surface area (Å²) in [5.74, 6) is 1.28. The molecule has 3 N–H and O–H groups in total. The molecule has 2 heterocycles. The number of nitrogens with one attached hydrogen (secondary N) is 1. The maximum absolute atomic E-state index is 5.80. The predicted molar refractivity (Wildman–Crippen MR) is 79.2 cm³/mol. The van der Waals surface area contributed by atoms with Gasteiger partial charge in [-0.3, -0.25) is 0 Å². The summed E-state index contributed by atoms with van der Waals surface area (Å²) >= 11 is 0. The molecule has 0 aliphatic rings. The van der Waals surface area contributed by atoms with Gasteiger partial charge in [0.2, 0.25) is 0 Å². The fraction of sp³-hybridized carbons (Fsp3) is 0.571. The van der Waals surface area contributed by atoms with Crippen LogP contribution >= 0.6 is 0 Å². The number of nitrogen functional groups attached to an aromatic ring is 1. The summed E-state index contributed by atoms with van der Waals surface area (Å²) in [6.07, 6.45) is 11.7. The number of hydrogen-bond donors (Lipinski definition) is 2. The topological polar surface area (TPSA) is 68.2 Å². The van der Waals surface area contributed by atoms with E-state index >= 15 is 0 Å². The fourth-order valence-corrected chi connectivity index (χ4v) is 2.23. The third-order valence-electron chi connectivity index (χ3n) is 3.27. The van der Waals surface area contributed by atoms with Crippen LogP contribution < -0.4 is 11.1 Å². The average Bonchev–Trinajstić information content (AvgIpc) is 2.82. The lowest BCUT2D eigenvalue weighted by Crippen LogP contribution is -2.17. The number of fused-ring (bicyclic) bond motifs is 1. The Morgan fingerprint density at radius 3 is 3.00 bits per heavy atom. The molecule has 0 saturated carbocycles. The van der Waals surface area contributed by atoms with Gasteiger partial charge in [-0.2, -0.15) is 0 Å². The van der Waals surface area contributed by atoms with Crippen LogP contribution in [0.3, 0.4) is 0 Å². The van der Waals surface area contributed by atoms with Gasteiger partial charge in [0, 0.05) is 18.4 Å². The van der Waals surface area contributed by atoms with Gasteiger partial charge in [0.15, 0.2) is 11.5 Å². The molecule has 0 saturated heterocycles. The van der Waals surface area contributed by atoms with E-state index in [1.54, 1.807) is 12.4 Å². The molecule has 0 aliphatic carbocycles. The van der Waals surface area contributed by atoms with E-state index in [2.05, 4.69) is 29.1 Å². The lowest BCUT2D eigenvalue weighted by Gasteiger charge is -2.15. The lowest BCUT2D eigenvalue weighted by molar-refractivity contribution is 0.593. The van der Waals surface area contributed by atoms with E-state index in [0.717, 1.165) is 17.9 Å². The number of nitrogens with two attached hydrogens (primary N) is 1. The van der Waals surface area contributed by atoms with Gasteiger partial charge in [-0.25, -0.2) is 9.97 Å². The second-order valence-electron chi connectivity index (χ2n) is 5.07. The molecule has 0 spiro atoms. The Labute approximate surface area is 114 Å². The molecule has 19 heavy (non-hydrogen) atoms. The summed E-state index contributed by atoms with van der Waals surface area (Å²) in [6, 6.07) is 0.381. The first-order valence-electron chi connectivity index (χ1n) is 7.06. The van der Waals surface area contributed by atoms with Gasteiger partial charge in [0.25, 0.3) is 0 Å². The summed E-state index contributed by atoms with van der Waals surface area (Å²) in [6.45, 7) is 4.41. The molecule has 0 bridgehead atoms. The highest BCUT2D eigenvalue weighted by Gasteiger charge is 2.09.